The van der Waals surface area contributed by atoms with Gasteiger partial charge in [0.15, 0.2) is 0 Å². The first-order valence-corrected chi connectivity index (χ1v) is 12.9. The zero-order valence-electron chi connectivity index (χ0n) is 21.7. The van der Waals surface area contributed by atoms with Crippen molar-refractivity contribution >= 4 is 16.7 Å². The van der Waals surface area contributed by atoms with Gasteiger partial charge in [-0.25, -0.2) is 0 Å². The van der Waals surface area contributed by atoms with E-state index in [0.29, 0.717) is 17.9 Å². The van der Waals surface area contributed by atoms with Gasteiger partial charge in [0.1, 0.15) is 11.4 Å². The van der Waals surface area contributed by atoms with E-state index in [1.807, 2.05) is 20.8 Å². The summed E-state index contributed by atoms with van der Waals surface area (Å²) in [5.74, 6) is 1.72. The SMILES string of the molecule is CC(C)(C)OC(=O)CCCCCc1ccc2cc(OC3CCC(C(C)(C)C)CC3)ccc2c1. The fourth-order valence-corrected chi connectivity index (χ4v) is 4.91. The van der Waals surface area contributed by atoms with Crippen LogP contribution in [0.2, 0.25) is 0 Å². The molecule has 0 saturated heterocycles. The van der Waals surface area contributed by atoms with E-state index in [2.05, 4.69) is 57.2 Å². The highest BCUT2D eigenvalue weighted by atomic mass is 16.6. The van der Waals surface area contributed by atoms with Gasteiger partial charge in [0, 0.05) is 6.42 Å². The number of unbranched alkanes of at least 4 members (excludes halogenated alkanes) is 2. The van der Waals surface area contributed by atoms with Crippen LogP contribution in [-0.4, -0.2) is 17.7 Å². The van der Waals surface area contributed by atoms with Gasteiger partial charge in [0.2, 0.25) is 0 Å². The number of benzene rings is 2. The van der Waals surface area contributed by atoms with Crippen molar-refractivity contribution in [2.45, 2.75) is 111 Å². The molecule has 0 unspecified atom stereocenters. The van der Waals surface area contributed by atoms with Crippen molar-refractivity contribution in [3.05, 3.63) is 42.0 Å². The third-order valence-electron chi connectivity index (χ3n) is 6.84. The Balaban J connectivity index is 1.44. The summed E-state index contributed by atoms with van der Waals surface area (Å²) in [7, 11) is 0. The largest absolute Gasteiger partial charge is 0.490 e. The molecule has 0 amide bonds. The van der Waals surface area contributed by atoms with Crippen LogP contribution in [0.1, 0.15) is 98.5 Å². The fourth-order valence-electron chi connectivity index (χ4n) is 4.91. The Morgan fingerprint density at radius 2 is 1.52 bits per heavy atom. The molecule has 182 valence electrons. The zero-order chi connectivity index (χ0) is 24.1. The minimum Gasteiger partial charge on any atom is -0.490 e. The van der Waals surface area contributed by atoms with Gasteiger partial charge >= 0.3 is 5.97 Å². The van der Waals surface area contributed by atoms with Crippen LogP contribution in [0.3, 0.4) is 0 Å². The van der Waals surface area contributed by atoms with Crippen molar-refractivity contribution in [2.24, 2.45) is 11.3 Å². The Labute approximate surface area is 201 Å². The molecule has 2 aromatic carbocycles. The molecule has 0 radical (unpaired) electrons. The predicted octanol–water partition coefficient (Wildman–Crippen LogP) is 8.27. The van der Waals surface area contributed by atoms with Crippen molar-refractivity contribution in [1.29, 1.82) is 0 Å². The Bertz CT molecular complexity index is 908. The lowest BCUT2D eigenvalue weighted by molar-refractivity contribution is -0.154. The smallest absolute Gasteiger partial charge is 0.306 e. The summed E-state index contributed by atoms with van der Waals surface area (Å²) in [4.78, 5) is 11.8. The maximum atomic E-state index is 11.8. The number of carbonyl (C=O) groups excluding carboxylic acids is 1. The number of rotatable bonds is 8. The fraction of sp³-hybridized carbons (Fsp3) is 0.633. The van der Waals surface area contributed by atoms with Crippen molar-refractivity contribution < 1.29 is 14.3 Å². The van der Waals surface area contributed by atoms with Gasteiger partial charge in [0.25, 0.3) is 0 Å². The minimum absolute atomic E-state index is 0.0894. The van der Waals surface area contributed by atoms with Gasteiger partial charge in [0.05, 0.1) is 6.10 Å². The summed E-state index contributed by atoms with van der Waals surface area (Å²) < 4.78 is 11.7. The molecule has 0 heterocycles. The number of hydrogen-bond acceptors (Lipinski definition) is 3. The molecule has 2 aromatic rings. The average Bonchev–Trinajstić information content (AvgIpc) is 2.72. The Hall–Kier alpha value is -2.03. The van der Waals surface area contributed by atoms with Crippen LogP contribution >= 0.6 is 0 Å². The molecule has 0 N–H and O–H groups in total. The third-order valence-corrected chi connectivity index (χ3v) is 6.84. The number of fused-ring (bicyclic) bond motifs is 1. The van der Waals surface area contributed by atoms with Crippen LogP contribution < -0.4 is 4.74 Å². The van der Waals surface area contributed by atoms with Gasteiger partial charge in [-0.3, -0.25) is 4.79 Å². The van der Waals surface area contributed by atoms with Gasteiger partial charge in [-0.1, -0.05) is 51.5 Å². The molecule has 33 heavy (non-hydrogen) atoms. The zero-order valence-corrected chi connectivity index (χ0v) is 21.7. The predicted molar refractivity (Wildman–Crippen MR) is 138 cm³/mol. The molecule has 1 aliphatic carbocycles. The second kappa shape index (κ2) is 10.9. The Morgan fingerprint density at radius 1 is 0.848 bits per heavy atom. The summed E-state index contributed by atoms with van der Waals surface area (Å²) in [6, 6.07) is 13.3. The summed E-state index contributed by atoms with van der Waals surface area (Å²) in [6.07, 6.45) is 9.77. The molecule has 3 rings (SSSR count). The molecular weight excluding hydrogens is 408 g/mol. The molecule has 1 aliphatic rings. The van der Waals surface area contributed by atoms with Crippen molar-refractivity contribution in [3.8, 4) is 5.75 Å². The minimum atomic E-state index is -0.390. The molecule has 1 fully saturated rings. The van der Waals surface area contributed by atoms with Crippen LogP contribution in [0.25, 0.3) is 10.8 Å². The molecule has 3 nitrogen and oxygen atoms in total. The van der Waals surface area contributed by atoms with Crippen LogP contribution in [-0.2, 0) is 16.0 Å². The van der Waals surface area contributed by atoms with Crippen molar-refractivity contribution in [1.82, 2.24) is 0 Å². The maximum Gasteiger partial charge on any atom is 0.306 e. The molecule has 0 atom stereocenters. The van der Waals surface area contributed by atoms with Crippen LogP contribution in [0, 0.1) is 11.3 Å². The van der Waals surface area contributed by atoms with Gasteiger partial charge < -0.3 is 9.47 Å². The monoisotopic (exact) mass is 452 g/mol. The highest BCUT2D eigenvalue weighted by Crippen LogP contribution is 2.39. The first kappa shape index (κ1) is 25.6. The third kappa shape index (κ3) is 8.36. The Kier molecular flexibility index (Phi) is 8.48. The topological polar surface area (TPSA) is 35.5 Å². The van der Waals surface area contributed by atoms with Gasteiger partial charge in [-0.2, -0.15) is 0 Å². The van der Waals surface area contributed by atoms with E-state index >= 15 is 0 Å². The molecular formula is C30H44O3. The second-order valence-corrected chi connectivity index (χ2v) is 11.9. The number of carbonyl (C=O) groups is 1. The van der Waals surface area contributed by atoms with Crippen LogP contribution in [0.5, 0.6) is 5.75 Å². The maximum absolute atomic E-state index is 11.8. The second-order valence-electron chi connectivity index (χ2n) is 11.9. The van der Waals surface area contributed by atoms with E-state index in [4.69, 9.17) is 9.47 Å². The molecule has 3 heteroatoms. The molecule has 1 saturated carbocycles. The standard InChI is InChI=1S/C30H44O3/c1-29(2,3)25-15-18-26(19-16-25)32-27-17-14-23-20-22(12-13-24(23)21-27)10-8-7-9-11-28(31)33-30(4,5)6/h12-14,17,20-21,25-26H,7-11,15-16,18-19H2,1-6H3. The average molecular weight is 453 g/mol. The van der Waals surface area contributed by atoms with E-state index in [1.54, 1.807) is 0 Å². The molecule has 0 aromatic heterocycles. The van der Waals surface area contributed by atoms with Gasteiger partial charge in [-0.15, -0.1) is 0 Å². The highest BCUT2D eigenvalue weighted by molar-refractivity contribution is 5.84. The van der Waals surface area contributed by atoms with E-state index in [-0.39, 0.29) is 5.97 Å². The number of aryl methyl sites for hydroxylation is 1. The first-order chi connectivity index (χ1) is 15.5. The highest BCUT2D eigenvalue weighted by Gasteiger charge is 2.30. The van der Waals surface area contributed by atoms with Crippen LogP contribution in [0.15, 0.2) is 36.4 Å². The first-order valence-electron chi connectivity index (χ1n) is 12.9. The number of hydrogen-bond donors (Lipinski definition) is 0. The molecule has 0 bridgehead atoms. The van der Waals surface area contributed by atoms with Gasteiger partial charge in [-0.05, 0) is 106 Å². The quantitative estimate of drug-likeness (QED) is 0.299. The molecule has 0 aliphatic heterocycles. The lowest BCUT2D eigenvalue weighted by atomic mass is 9.72. The van der Waals surface area contributed by atoms with Crippen molar-refractivity contribution in [2.75, 3.05) is 0 Å². The number of esters is 1. The molecule has 0 spiro atoms. The normalized spacial score (nSPS) is 19.5. The van der Waals surface area contributed by atoms with E-state index in [0.717, 1.165) is 50.2 Å². The summed E-state index contributed by atoms with van der Waals surface area (Å²) in [5.41, 5.74) is 1.37. The summed E-state index contributed by atoms with van der Waals surface area (Å²) >= 11 is 0. The van der Waals surface area contributed by atoms with Crippen molar-refractivity contribution in [3.63, 3.8) is 0 Å². The van der Waals surface area contributed by atoms with E-state index < -0.39 is 5.60 Å². The van der Waals surface area contributed by atoms with Crippen LogP contribution in [0.4, 0.5) is 0 Å². The Morgan fingerprint density at radius 3 is 2.18 bits per heavy atom. The summed E-state index contributed by atoms with van der Waals surface area (Å²) in [6.45, 7) is 12.8. The van der Waals surface area contributed by atoms with E-state index in [1.165, 1.54) is 29.2 Å². The summed E-state index contributed by atoms with van der Waals surface area (Å²) in [5, 5.41) is 2.51. The van der Waals surface area contributed by atoms with E-state index in [9.17, 15) is 4.79 Å². The lowest BCUT2D eigenvalue weighted by Crippen LogP contribution is -2.30. The lowest BCUT2D eigenvalue weighted by Gasteiger charge is -2.37. The number of ether oxygens (including phenoxy) is 2.